The smallest absolute Gasteiger partial charge is 0.125 e. The average Bonchev–Trinajstić information content (AvgIpc) is 2.67. The van der Waals surface area contributed by atoms with Crippen molar-refractivity contribution in [2.75, 3.05) is 7.11 Å². The van der Waals surface area contributed by atoms with E-state index in [0.717, 1.165) is 14.9 Å². The van der Waals surface area contributed by atoms with Crippen LogP contribution in [0.15, 0.2) is 34.8 Å². The number of hydrogen-bond acceptors (Lipinski definition) is 3. The second-order valence-corrected chi connectivity index (χ2v) is 5.86. The first-order valence-electron chi connectivity index (χ1n) is 5.20. The van der Waals surface area contributed by atoms with Crippen molar-refractivity contribution in [3.05, 3.63) is 50.1 Å². The van der Waals surface area contributed by atoms with Gasteiger partial charge in [-0.3, -0.25) is 0 Å². The van der Waals surface area contributed by atoms with E-state index < -0.39 is 6.10 Å². The zero-order valence-corrected chi connectivity index (χ0v) is 12.0. The van der Waals surface area contributed by atoms with Gasteiger partial charge in [0.15, 0.2) is 0 Å². The molecule has 90 valence electrons. The van der Waals surface area contributed by atoms with Crippen LogP contribution in [0.5, 0.6) is 5.75 Å². The third-order valence-corrected chi connectivity index (χ3v) is 4.54. The number of methoxy groups -OCH3 is 1. The predicted molar refractivity (Wildman–Crippen MR) is 73.8 cm³/mol. The number of aliphatic hydroxyl groups excluding tert-OH is 1. The average molecular weight is 313 g/mol. The number of thiophene rings is 1. The summed E-state index contributed by atoms with van der Waals surface area (Å²) in [6.45, 7) is 2.02. The largest absolute Gasteiger partial charge is 0.496 e. The van der Waals surface area contributed by atoms with Crippen LogP contribution in [0.3, 0.4) is 0 Å². The first-order valence-corrected chi connectivity index (χ1v) is 6.81. The van der Waals surface area contributed by atoms with Gasteiger partial charge in [-0.2, -0.15) is 0 Å². The Bertz CT molecular complexity index is 522. The molecule has 17 heavy (non-hydrogen) atoms. The number of para-hydroxylation sites is 1. The van der Waals surface area contributed by atoms with Gasteiger partial charge < -0.3 is 9.84 Å². The van der Waals surface area contributed by atoms with E-state index in [1.165, 1.54) is 4.88 Å². The maximum atomic E-state index is 10.4. The van der Waals surface area contributed by atoms with Crippen molar-refractivity contribution in [1.29, 1.82) is 0 Å². The van der Waals surface area contributed by atoms with E-state index >= 15 is 0 Å². The second-order valence-electron chi connectivity index (χ2n) is 3.71. The maximum Gasteiger partial charge on any atom is 0.125 e. The summed E-state index contributed by atoms with van der Waals surface area (Å²) in [7, 11) is 1.61. The number of benzene rings is 1. The lowest BCUT2D eigenvalue weighted by Gasteiger charge is -2.13. The van der Waals surface area contributed by atoms with Crippen molar-refractivity contribution in [3.8, 4) is 5.75 Å². The van der Waals surface area contributed by atoms with Crippen molar-refractivity contribution in [2.45, 2.75) is 13.0 Å². The van der Waals surface area contributed by atoms with E-state index in [1.807, 2.05) is 37.3 Å². The van der Waals surface area contributed by atoms with E-state index in [4.69, 9.17) is 4.74 Å². The Labute approximate surface area is 113 Å². The summed E-state index contributed by atoms with van der Waals surface area (Å²) in [4.78, 5) is 2.08. The molecule has 1 atom stereocenters. The Morgan fingerprint density at radius 2 is 2.06 bits per heavy atom. The molecule has 4 heteroatoms. The lowest BCUT2D eigenvalue weighted by Crippen LogP contribution is -2.00. The molecule has 0 aliphatic carbocycles. The van der Waals surface area contributed by atoms with E-state index in [2.05, 4.69) is 15.9 Å². The molecule has 0 saturated carbocycles. The number of aliphatic hydroxyl groups is 1. The summed E-state index contributed by atoms with van der Waals surface area (Å²) in [6.07, 6.45) is -0.653. The molecule has 2 nitrogen and oxygen atoms in total. The van der Waals surface area contributed by atoms with Gasteiger partial charge in [0.25, 0.3) is 0 Å². The van der Waals surface area contributed by atoms with Gasteiger partial charge in [-0.15, -0.1) is 11.3 Å². The van der Waals surface area contributed by atoms with Crippen LogP contribution in [0.2, 0.25) is 0 Å². The predicted octanol–water partition coefficient (Wildman–Crippen LogP) is 3.91. The van der Waals surface area contributed by atoms with Crippen LogP contribution < -0.4 is 4.74 Å². The third-order valence-electron chi connectivity index (χ3n) is 2.52. The van der Waals surface area contributed by atoms with Crippen LogP contribution in [-0.2, 0) is 0 Å². The monoisotopic (exact) mass is 312 g/mol. The lowest BCUT2D eigenvalue weighted by atomic mass is 10.1. The molecule has 0 bridgehead atoms. The Balaban J connectivity index is 2.43. The fourth-order valence-corrected chi connectivity index (χ4v) is 3.59. The van der Waals surface area contributed by atoms with Crippen molar-refractivity contribution in [2.24, 2.45) is 0 Å². The van der Waals surface area contributed by atoms with Gasteiger partial charge in [0.1, 0.15) is 11.9 Å². The van der Waals surface area contributed by atoms with Gasteiger partial charge in [0.05, 0.1) is 12.0 Å². The van der Waals surface area contributed by atoms with Crippen molar-refractivity contribution in [1.82, 2.24) is 0 Å². The lowest BCUT2D eigenvalue weighted by molar-refractivity contribution is 0.218. The van der Waals surface area contributed by atoms with Crippen molar-refractivity contribution >= 4 is 27.3 Å². The van der Waals surface area contributed by atoms with Gasteiger partial charge in [-0.1, -0.05) is 18.2 Å². The molecule has 0 radical (unpaired) electrons. The zero-order valence-electron chi connectivity index (χ0n) is 9.61. The molecule has 2 rings (SSSR count). The Kier molecular flexibility index (Phi) is 3.86. The zero-order chi connectivity index (χ0) is 12.4. The number of aryl methyl sites for hydroxylation is 1. The van der Waals surface area contributed by atoms with E-state index in [1.54, 1.807) is 18.4 Å². The first-order chi connectivity index (χ1) is 8.13. The highest BCUT2D eigenvalue weighted by atomic mass is 79.9. The molecule has 2 aromatic rings. The molecule has 0 saturated heterocycles. The molecule has 0 amide bonds. The highest BCUT2D eigenvalue weighted by Crippen LogP contribution is 2.38. The Hall–Kier alpha value is -0.840. The minimum Gasteiger partial charge on any atom is -0.496 e. The summed E-state index contributed by atoms with van der Waals surface area (Å²) in [6, 6.07) is 9.54. The van der Waals surface area contributed by atoms with Crippen LogP contribution in [-0.4, -0.2) is 12.2 Å². The minimum absolute atomic E-state index is 0.653. The van der Waals surface area contributed by atoms with E-state index in [-0.39, 0.29) is 0 Å². The fourth-order valence-electron chi connectivity index (χ4n) is 1.72. The molecule has 1 unspecified atom stereocenters. The highest BCUT2D eigenvalue weighted by molar-refractivity contribution is 9.10. The molecular weight excluding hydrogens is 300 g/mol. The minimum atomic E-state index is -0.653. The summed E-state index contributed by atoms with van der Waals surface area (Å²) in [5, 5.41) is 10.4. The normalized spacial score (nSPS) is 12.5. The van der Waals surface area contributed by atoms with Gasteiger partial charge in [0, 0.05) is 14.9 Å². The topological polar surface area (TPSA) is 29.5 Å². The van der Waals surface area contributed by atoms with Gasteiger partial charge in [-0.25, -0.2) is 0 Å². The number of halogens is 1. The Morgan fingerprint density at radius 1 is 1.35 bits per heavy atom. The van der Waals surface area contributed by atoms with Gasteiger partial charge in [0.2, 0.25) is 0 Å². The van der Waals surface area contributed by atoms with Crippen LogP contribution in [0.25, 0.3) is 0 Å². The molecule has 0 fully saturated rings. The van der Waals surface area contributed by atoms with Crippen LogP contribution in [0.1, 0.15) is 21.4 Å². The second kappa shape index (κ2) is 5.21. The molecule has 0 aliphatic rings. The number of hydrogen-bond donors (Lipinski definition) is 1. The molecule has 1 N–H and O–H groups in total. The molecule has 0 spiro atoms. The standard InChI is InChI=1S/C13H13BrO2S/c1-8-7-10(14)13(17-8)12(15)9-5-3-4-6-11(9)16-2/h3-7,12,15H,1-2H3. The quantitative estimate of drug-likeness (QED) is 0.931. The molecule has 1 aromatic heterocycles. The van der Waals surface area contributed by atoms with Crippen LogP contribution >= 0.6 is 27.3 Å². The molecule has 1 aromatic carbocycles. The van der Waals surface area contributed by atoms with Gasteiger partial charge >= 0.3 is 0 Å². The number of rotatable bonds is 3. The van der Waals surface area contributed by atoms with Crippen molar-refractivity contribution < 1.29 is 9.84 Å². The summed E-state index contributed by atoms with van der Waals surface area (Å²) in [5.74, 6) is 0.706. The SMILES string of the molecule is COc1ccccc1C(O)c1sc(C)cc1Br. The summed E-state index contributed by atoms with van der Waals surface area (Å²) < 4.78 is 6.21. The fraction of sp³-hybridized carbons (Fsp3) is 0.231. The summed E-state index contributed by atoms with van der Waals surface area (Å²) >= 11 is 5.06. The molecule has 0 aliphatic heterocycles. The molecule has 1 heterocycles. The van der Waals surface area contributed by atoms with E-state index in [9.17, 15) is 5.11 Å². The van der Waals surface area contributed by atoms with Gasteiger partial charge in [-0.05, 0) is 35.0 Å². The number of ether oxygens (including phenoxy) is 1. The maximum absolute atomic E-state index is 10.4. The van der Waals surface area contributed by atoms with Crippen LogP contribution in [0.4, 0.5) is 0 Å². The van der Waals surface area contributed by atoms with Crippen molar-refractivity contribution in [3.63, 3.8) is 0 Å². The van der Waals surface area contributed by atoms with E-state index in [0.29, 0.717) is 5.75 Å². The van der Waals surface area contributed by atoms with Crippen LogP contribution in [0, 0.1) is 6.92 Å². The molecular formula is C13H13BrO2S. The summed E-state index contributed by atoms with van der Waals surface area (Å²) in [5.41, 5.74) is 0.789. The first kappa shape index (κ1) is 12.6. The highest BCUT2D eigenvalue weighted by Gasteiger charge is 2.19. The third kappa shape index (κ3) is 2.54. The Morgan fingerprint density at radius 3 is 2.65 bits per heavy atom.